The Kier molecular flexibility index (Phi) is 5.83. The maximum absolute atomic E-state index is 5.55. The minimum Gasteiger partial charge on any atom is -0.377 e. The van der Waals surface area contributed by atoms with Crippen molar-refractivity contribution in [2.45, 2.75) is 32.9 Å². The first kappa shape index (κ1) is 11.7. The first-order valence-corrected chi connectivity index (χ1v) is 6.05. The monoisotopic (exact) mass is 213 g/mol. The molecule has 0 fully saturated rings. The van der Waals surface area contributed by atoms with Gasteiger partial charge in [-0.1, -0.05) is 13.0 Å². The number of hydrogen-bond acceptors (Lipinski definition) is 3. The summed E-state index contributed by atoms with van der Waals surface area (Å²) in [6.07, 6.45) is 1.48. The van der Waals surface area contributed by atoms with Gasteiger partial charge in [0.1, 0.15) is 0 Å². The zero-order valence-electron chi connectivity index (χ0n) is 8.95. The van der Waals surface area contributed by atoms with Gasteiger partial charge in [0.2, 0.25) is 0 Å². The van der Waals surface area contributed by atoms with Crippen LogP contribution in [0.3, 0.4) is 0 Å². The van der Waals surface area contributed by atoms with E-state index in [0.29, 0.717) is 6.10 Å². The van der Waals surface area contributed by atoms with Crippen LogP contribution in [0.25, 0.3) is 0 Å². The molecule has 0 bridgehead atoms. The zero-order valence-corrected chi connectivity index (χ0v) is 9.77. The zero-order chi connectivity index (χ0) is 10.2. The number of rotatable bonds is 7. The molecule has 2 nitrogen and oxygen atoms in total. The Morgan fingerprint density at radius 1 is 1.57 bits per heavy atom. The Morgan fingerprint density at radius 2 is 2.43 bits per heavy atom. The molecule has 1 unspecified atom stereocenters. The quantitative estimate of drug-likeness (QED) is 0.703. The molecule has 3 heteroatoms. The van der Waals surface area contributed by atoms with E-state index < -0.39 is 0 Å². The highest BCUT2D eigenvalue weighted by Gasteiger charge is 1.97. The summed E-state index contributed by atoms with van der Waals surface area (Å²) in [7, 11) is 0. The number of ether oxygens (including phenoxy) is 1. The molecule has 0 saturated carbocycles. The van der Waals surface area contributed by atoms with Crippen LogP contribution >= 0.6 is 11.3 Å². The standard InChI is InChI=1S/C11H19NOS/c1-3-10(2)13-7-6-12-9-11-5-4-8-14-11/h4-5,8,10,12H,3,6-7,9H2,1-2H3. The first-order valence-electron chi connectivity index (χ1n) is 5.17. The van der Waals surface area contributed by atoms with Gasteiger partial charge in [0, 0.05) is 18.0 Å². The summed E-state index contributed by atoms with van der Waals surface area (Å²) < 4.78 is 5.55. The van der Waals surface area contributed by atoms with Crippen LogP contribution in [0.15, 0.2) is 17.5 Å². The third kappa shape index (κ3) is 4.74. The second-order valence-electron chi connectivity index (χ2n) is 3.35. The molecule has 1 aromatic heterocycles. The van der Waals surface area contributed by atoms with Crippen molar-refractivity contribution in [2.24, 2.45) is 0 Å². The van der Waals surface area contributed by atoms with Gasteiger partial charge in [0.15, 0.2) is 0 Å². The van der Waals surface area contributed by atoms with Crippen molar-refractivity contribution < 1.29 is 4.74 Å². The van der Waals surface area contributed by atoms with E-state index in [9.17, 15) is 0 Å². The molecule has 1 atom stereocenters. The SMILES string of the molecule is CCC(C)OCCNCc1cccs1. The Hall–Kier alpha value is -0.380. The fourth-order valence-electron chi connectivity index (χ4n) is 1.07. The lowest BCUT2D eigenvalue weighted by atomic mass is 10.3. The van der Waals surface area contributed by atoms with Crippen molar-refractivity contribution >= 4 is 11.3 Å². The molecule has 1 rings (SSSR count). The second-order valence-corrected chi connectivity index (χ2v) is 4.38. The van der Waals surface area contributed by atoms with Crippen LogP contribution in [0.1, 0.15) is 25.1 Å². The summed E-state index contributed by atoms with van der Waals surface area (Å²) in [5.41, 5.74) is 0. The minimum atomic E-state index is 0.388. The van der Waals surface area contributed by atoms with Crippen molar-refractivity contribution in [3.63, 3.8) is 0 Å². The number of hydrogen-bond donors (Lipinski definition) is 1. The molecule has 0 radical (unpaired) electrons. The van der Waals surface area contributed by atoms with Gasteiger partial charge in [-0.15, -0.1) is 11.3 Å². The van der Waals surface area contributed by atoms with E-state index in [4.69, 9.17) is 4.74 Å². The fourth-order valence-corrected chi connectivity index (χ4v) is 1.75. The predicted octanol–water partition coefficient (Wildman–Crippen LogP) is 2.65. The average molecular weight is 213 g/mol. The van der Waals surface area contributed by atoms with Crippen LogP contribution in [0.5, 0.6) is 0 Å². The van der Waals surface area contributed by atoms with Crippen LogP contribution in [-0.2, 0) is 11.3 Å². The molecule has 0 saturated heterocycles. The van der Waals surface area contributed by atoms with Crippen LogP contribution < -0.4 is 5.32 Å². The Bertz CT molecular complexity index is 223. The van der Waals surface area contributed by atoms with Crippen molar-refractivity contribution in [1.29, 1.82) is 0 Å². The van der Waals surface area contributed by atoms with E-state index in [0.717, 1.165) is 26.1 Å². The molecule has 0 spiro atoms. The van der Waals surface area contributed by atoms with E-state index in [1.54, 1.807) is 11.3 Å². The maximum Gasteiger partial charge on any atom is 0.0594 e. The largest absolute Gasteiger partial charge is 0.377 e. The minimum absolute atomic E-state index is 0.388. The van der Waals surface area contributed by atoms with E-state index in [1.807, 2.05) is 0 Å². The second kappa shape index (κ2) is 6.98. The summed E-state index contributed by atoms with van der Waals surface area (Å²) in [6.45, 7) is 6.95. The van der Waals surface area contributed by atoms with Gasteiger partial charge in [-0.05, 0) is 24.8 Å². The molecular formula is C11H19NOS. The van der Waals surface area contributed by atoms with E-state index in [-0.39, 0.29) is 0 Å². The molecule has 1 heterocycles. The third-order valence-corrected chi connectivity index (χ3v) is 3.01. The molecule has 0 amide bonds. The smallest absolute Gasteiger partial charge is 0.0594 e. The molecule has 14 heavy (non-hydrogen) atoms. The topological polar surface area (TPSA) is 21.3 Å². The molecule has 1 aromatic rings. The molecular weight excluding hydrogens is 194 g/mol. The van der Waals surface area contributed by atoms with Crippen LogP contribution in [0.4, 0.5) is 0 Å². The highest BCUT2D eigenvalue weighted by molar-refractivity contribution is 7.09. The van der Waals surface area contributed by atoms with Crippen molar-refractivity contribution in [1.82, 2.24) is 5.32 Å². The molecule has 80 valence electrons. The van der Waals surface area contributed by atoms with Gasteiger partial charge >= 0.3 is 0 Å². The highest BCUT2D eigenvalue weighted by atomic mass is 32.1. The van der Waals surface area contributed by atoms with Gasteiger partial charge in [-0.25, -0.2) is 0 Å². The molecule has 0 aliphatic carbocycles. The van der Waals surface area contributed by atoms with Crippen molar-refractivity contribution in [3.8, 4) is 0 Å². The fraction of sp³-hybridized carbons (Fsp3) is 0.636. The summed E-state index contributed by atoms with van der Waals surface area (Å²) in [4.78, 5) is 1.38. The van der Waals surface area contributed by atoms with E-state index in [2.05, 4.69) is 36.7 Å². The van der Waals surface area contributed by atoms with Crippen LogP contribution in [-0.4, -0.2) is 19.3 Å². The molecule has 0 aromatic carbocycles. The van der Waals surface area contributed by atoms with E-state index >= 15 is 0 Å². The highest BCUT2D eigenvalue weighted by Crippen LogP contribution is 2.06. The Labute approximate surface area is 90.3 Å². The Balaban J connectivity index is 1.95. The van der Waals surface area contributed by atoms with Gasteiger partial charge in [0.25, 0.3) is 0 Å². The first-order chi connectivity index (χ1) is 6.83. The van der Waals surface area contributed by atoms with Gasteiger partial charge in [-0.3, -0.25) is 0 Å². The van der Waals surface area contributed by atoms with Crippen LogP contribution in [0.2, 0.25) is 0 Å². The number of thiophene rings is 1. The maximum atomic E-state index is 5.55. The van der Waals surface area contributed by atoms with Gasteiger partial charge in [0.05, 0.1) is 12.7 Å². The van der Waals surface area contributed by atoms with Crippen molar-refractivity contribution in [2.75, 3.05) is 13.2 Å². The summed E-state index contributed by atoms with van der Waals surface area (Å²) >= 11 is 1.79. The molecule has 0 aliphatic rings. The Morgan fingerprint density at radius 3 is 3.07 bits per heavy atom. The predicted molar refractivity (Wildman–Crippen MR) is 61.7 cm³/mol. The summed E-state index contributed by atoms with van der Waals surface area (Å²) in [6, 6.07) is 4.23. The average Bonchev–Trinajstić information content (AvgIpc) is 2.69. The summed E-state index contributed by atoms with van der Waals surface area (Å²) in [5.74, 6) is 0. The normalized spacial score (nSPS) is 13.0. The third-order valence-electron chi connectivity index (χ3n) is 2.14. The summed E-state index contributed by atoms with van der Waals surface area (Å²) in [5, 5.41) is 5.46. The van der Waals surface area contributed by atoms with Gasteiger partial charge < -0.3 is 10.1 Å². The number of nitrogens with one attached hydrogen (secondary N) is 1. The van der Waals surface area contributed by atoms with Crippen LogP contribution in [0, 0.1) is 0 Å². The lowest BCUT2D eigenvalue weighted by molar-refractivity contribution is 0.0655. The van der Waals surface area contributed by atoms with Crippen molar-refractivity contribution in [3.05, 3.63) is 22.4 Å². The lowest BCUT2D eigenvalue weighted by Gasteiger charge is -2.10. The molecule has 0 aliphatic heterocycles. The lowest BCUT2D eigenvalue weighted by Crippen LogP contribution is -2.21. The molecule has 1 N–H and O–H groups in total. The van der Waals surface area contributed by atoms with Gasteiger partial charge in [-0.2, -0.15) is 0 Å². The van der Waals surface area contributed by atoms with E-state index in [1.165, 1.54) is 4.88 Å².